The molecule has 178 valence electrons. The van der Waals surface area contributed by atoms with E-state index in [9.17, 15) is 14.1 Å². The lowest BCUT2D eigenvalue weighted by Gasteiger charge is -2.50. The Labute approximate surface area is 200 Å². The zero-order chi connectivity index (χ0) is 23.5. The van der Waals surface area contributed by atoms with Gasteiger partial charge in [-0.15, -0.1) is 0 Å². The number of fused-ring (bicyclic) bond motifs is 3. The van der Waals surface area contributed by atoms with Gasteiger partial charge in [0, 0.05) is 42.7 Å². The summed E-state index contributed by atoms with van der Waals surface area (Å²) in [6.07, 6.45) is 5.44. The number of urea groups is 1. The van der Waals surface area contributed by atoms with Gasteiger partial charge in [0.05, 0.1) is 34.2 Å². The van der Waals surface area contributed by atoms with E-state index < -0.39 is 16.3 Å². The first-order valence-corrected chi connectivity index (χ1v) is 13.1. The van der Waals surface area contributed by atoms with Gasteiger partial charge in [-0.2, -0.15) is 4.98 Å². The van der Waals surface area contributed by atoms with Gasteiger partial charge in [0.1, 0.15) is 10.7 Å². The molecule has 2 aromatic rings. The molecule has 0 radical (unpaired) electrons. The number of carbonyl (C=O) groups excluding carboxylic acids is 1. The molecule has 4 heterocycles. The lowest BCUT2D eigenvalue weighted by atomic mass is 9.77. The Morgan fingerprint density at radius 2 is 1.97 bits per heavy atom. The molecule has 2 fully saturated rings. The molecule has 1 saturated carbocycles. The van der Waals surface area contributed by atoms with Crippen LogP contribution < -0.4 is 15.5 Å². The number of carbonyl (C=O) groups is 1. The van der Waals surface area contributed by atoms with E-state index in [4.69, 9.17) is 9.97 Å². The Hall–Kier alpha value is -2.98. The number of aliphatic hydroxyl groups excluding tert-OH is 1. The van der Waals surface area contributed by atoms with Gasteiger partial charge in [-0.1, -0.05) is 24.8 Å². The van der Waals surface area contributed by atoms with E-state index in [1.165, 1.54) is 0 Å². The van der Waals surface area contributed by atoms with Crippen LogP contribution in [0.25, 0.3) is 0 Å². The average Bonchev–Trinajstić information content (AvgIpc) is 3.53. The maximum atomic E-state index is 12.8. The van der Waals surface area contributed by atoms with Gasteiger partial charge in [0.25, 0.3) is 0 Å². The van der Waals surface area contributed by atoms with Crippen LogP contribution in [0.3, 0.4) is 0 Å². The first-order chi connectivity index (χ1) is 16.5. The molecular weight excluding hydrogens is 452 g/mol. The smallest absolute Gasteiger partial charge is 0.326 e. The van der Waals surface area contributed by atoms with Gasteiger partial charge >= 0.3 is 6.03 Å². The zero-order valence-electron chi connectivity index (χ0n) is 18.9. The second-order valence-corrected chi connectivity index (χ2v) is 11.1. The first kappa shape index (κ1) is 21.5. The Morgan fingerprint density at radius 3 is 2.68 bits per heavy atom. The zero-order valence-corrected chi connectivity index (χ0v) is 19.7. The van der Waals surface area contributed by atoms with Gasteiger partial charge < -0.3 is 20.6 Å². The minimum atomic E-state index is -1.13. The summed E-state index contributed by atoms with van der Waals surface area (Å²) in [6, 6.07) is 7.79. The monoisotopic (exact) mass is 480 g/mol. The van der Waals surface area contributed by atoms with Crippen LogP contribution in [-0.2, 0) is 22.8 Å². The lowest BCUT2D eigenvalue weighted by molar-refractivity contribution is 0.129. The highest BCUT2D eigenvalue weighted by molar-refractivity contribution is 7.85. The van der Waals surface area contributed by atoms with Crippen molar-refractivity contribution in [3.8, 4) is 0 Å². The van der Waals surface area contributed by atoms with Crippen molar-refractivity contribution >= 4 is 34.3 Å². The van der Waals surface area contributed by atoms with Crippen LogP contribution in [0.2, 0.25) is 0 Å². The van der Waals surface area contributed by atoms with E-state index in [2.05, 4.69) is 28.2 Å². The van der Waals surface area contributed by atoms with Gasteiger partial charge in [-0.05, 0) is 31.7 Å². The number of rotatable bonds is 5. The normalized spacial score (nSPS) is 23.8. The van der Waals surface area contributed by atoms with E-state index in [1.54, 1.807) is 11.1 Å². The molecule has 1 spiro atoms. The van der Waals surface area contributed by atoms with Gasteiger partial charge in [0.2, 0.25) is 5.95 Å². The molecule has 1 aliphatic carbocycles. The fourth-order valence-electron chi connectivity index (χ4n) is 5.48. The Kier molecular flexibility index (Phi) is 4.93. The quantitative estimate of drug-likeness (QED) is 0.603. The number of anilines is 3. The van der Waals surface area contributed by atoms with E-state index in [-0.39, 0.29) is 18.2 Å². The van der Waals surface area contributed by atoms with Gasteiger partial charge in [-0.3, -0.25) is 9.11 Å². The van der Waals surface area contributed by atoms with Crippen molar-refractivity contribution in [3.05, 3.63) is 48.3 Å². The fourth-order valence-corrected chi connectivity index (χ4v) is 6.78. The summed E-state index contributed by atoms with van der Waals surface area (Å²) in [7, 11) is -1.13. The highest BCUT2D eigenvalue weighted by Gasteiger charge is 2.48. The Balaban J connectivity index is 1.32. The van der Waals surface area contributed by atoms with Crippen molar-refractivity contribution in [1.82, 2.24) is 14.9 Å². The van der Waals surface area contributed by atoms with Crippen molar-refractivity contribution in [2.45, 2.75) is 48.1 Å². The summed E-state index contributed by atoms with van der Waals surface area (Å²) >= 11 is 0. The maximum Gasteiger partial charge on any atom is 0.326 e. The van der Waals surface area contributed by atoms with Crippen molar-refractivity contribution in [3.63, 3.8) is 0 Å². The van der Waals surface area contributed by atoms with Crippen molar-refractivity contribution in [2.24, 2.45) is 0 Å². The number of nitrogens with one attached hydrogen (secondary N) is 2. The predicted molar refractivity (Wildman–Crippen MR) is 130 cm³/mol. The second-order valence-electron chi connectivity index (χ2n) is 9.56. The summed E-state index contributed by atoms with van der Waals surface area (Å²) < 4.78 is 12.6. The van der Waals surface area contributed by atoms with Crippen LogP contribution in [0.4, 0.5) is 22.2 Å². The molecule has 1 unspecified atom stereocenters. The van der Waals surface area contributed by atoms with Gasteiger partial charge in [-0.25, -0.2) is 9.78 Å². The molecule has 34 heavy (non-hydrogen) atoms. The van der Waals surface area contributed by atoms with Crippen molar-refractivity contribution < 1.29 is 14.1 Å². The SMILES string of the molecule is C=CN1C(=O)Nc2ccccc2C12CCN(c1nc3c(c(NC4(CO)CC4)n1)S(=O)CC3)CC2. The van der Waals surface area contributed by atoms with E-state index >= 15 is 0 Å². The minimum absolute atomic E-state index is 0.0266. The molecule has 1 atom stereocenters. The molecular formula is C24H28N6O3S. The second kappa shape index (κ2) is 7.78. The maximum absolute atomic E-state index is 12.8. The van der Waals surface area contributed by atoms with Crippen molar-refractivity contribution in [2.75, 3.05) is 41.0 Å². The largest absolute Gasteiger partial charge is 0.394 e. The third-order valence-corrected chi connectivity index (χ3v) is 9.08. The summed E-state index contributed by atoms with van der Waals surface area (Å²) in [5.41, 5.74) is 1.95. The van der Waals surface area contributed by atoms with Crippen LogP contribution in [0.15, 0.2) is 41.9 Å². The summed E-state index contributed by atoms with van der Waals surface area (Å²) in [5.74, 6) is 1.76. The molecule has 3 N–H and O–H groups in total. The van der Waals surface area contributed by atoms with Gasteiger partial charge in [0.15, 0.2) is 0 Å². The molecule has 0 bridgehead atoms. The lowest BCUT2D eigenvalue weighted by Crippen LogP contribution is -2.57. The first-order valence-electron chi connectivity index (χ1n) is 11.7. The van der Waals surface area contributed by atoms with Crippen molar-refractivity contribution in [1.29, 1.82) is 0 Å². The van der Waals surface area contributed by atoms with E-state index in [1.807, 2.05) is 18.2 Å². The number of aryl methyl sites for hydroxylation is 1. The summed E-state index contributed by atoms with van der Waals surface area (Å²) in [6.45, 7) is 5.27. The number of hydrogen-bond acceptors (Lipinski definition) is 7. The summed E-state index contributed by atoms with van der Waals surface area (Å²) in [5, 5.41) is 16.2. The van der Waals surface area contributed by atoms with Crippen LogP contribution in [0.5, 0.6) is 0 Å². The third kappa shape index (κ3) is 3.23. The Morgan fingerprint density at radius 1 is 1.21 bits per heavy atom. The number of piperidine rings is 1. The number of nitrogens with zero attached hydrogens (tertiary/aromatic N) is 4. The fraction of sp³-hybridized carbons (Fsp3) is 0.458. The molecule has 10 heteroatoms. The van der Waals surface area contributed by atoms with Crippen LogP contribution in [-0.4, -0.2) is 61.2 Å². The number of aliphatic hydroxyl groups is 1. The Bertz CT molecular complexity index is 1210. The number of amides is 2. The summed E-state index contributed by atoms with van der Waals surface area (Å²) in [4.78, 5) is 27.0. The molecule has 2 amide bonds. The van der Waals surface area contributed by atoms with Crippen LogP contribution >= 0.6 is 0 Å². The highest BCUT2D eigenvalue weighted by atomic mass is 32.2. The standard InChI is InChI=1S/C24H28N6O3S/c1-2-30-22(32)26-17-6-4-3-5-16(17)24(30)10-12-29(13-11-24)21-25-18-7-14-34(33)19(18)20(27-21)28-23(15-31)8-9-23/h2-6,31H,1,7-15H2,(H,26,32)(H,25,27,28). The topological polar surface area (TPSA) is 111 Å². The molecule has 3 aliphatic heterocycles. The number of aromatic nitrogens is 2. The highest BCUT2D eigenvalue weighted by Crippen LogP contribution is 2.46. The van der Waals surface area contributed by atoms with Crippen LogP contribution in [0.1, 0.15) is 36.9 Å². The molecule has 9 nitrogen and oxygen atoms in total. The molecule has 1 saturated heterocycles. The van der Waals surface area contributed by atoms with E-state index in [0.29, 0.717) is 54.8 Å². The number of benzene rings is 1. The predicted octanol–water partition coefficient (Wildman–Crippen LogP) is 2.56. The number of para-hydroxylation sites is 1. The molecule has 1 aromatic carbocycles. The minimum Gasteiger partial charge on any atom is -0.394 e. The third-order valence-electron chi connectivity index (χ3n) is 7.62. The molecule has 4 aliphatic rings. The molecule has 6 rings (SSSR count). The average molecular weight is 481 g/mol. The molecule has 1 aromatic heterocycles. The van der Waals surface area contributed by atoms with Crippen LogP contribution in [0, 0.1) is 0 Å². The van der Waals surface area contributed by atoms with E-state index in [0.717, 1.165) is 29.8 Å². The number of hydrogen-bond donors (Lipinski definition) is 3.